The number of benzene rings is 1. The molecule has 2 aliphatic heterocycles. The molecular formula is C21H24N4O4. The molecule has 29 heavy (non-hydrogen) atoms. The Hall–Kier alpha value is -3.13. The van der Waals surface area contributed by atoms with Crippen LogP contribution in [-0.2, 0) is 11.3 Å². The number of hydrogen-bond acceptors (Lipinski definition) is 4. The van der Waals surface area contributed by atoms with Crippen molar-refractivity contribution >= 4 is 17.8 Å². The molecule has 2 aliphatic rings. The van der Waals surface area contributed by atoms with Crippen molar-refractivity contribution in [1.29, 1.82) is 0 Å². The van der Waals surface area contributed by atoms with Gasteiger partial charge in [0.1, 0.15) is 5.54 Å². The Bertz CT molecular complexity index is 889. The van der Waals surface area contributed by atoms with Crippen LogP contribution in [-0.4, -0.2) is 74.4 Å². The number of carbonyl (C=O) groups excluding carboxylic acids is 3. The van der Waals surface area contributed by atoms with Gasteiger partial charge in [-0.2, -0.15) is 0 Å². The first-order valence-electron chi connectivity index (χ1n) is 9.77. The third-order valence-electron chi connectivity index (χ3n) is 5.85. The molecule has 2 saturated heterocycles. The summed E-state index contributed by atoms with van der Waals surface area (Å²) in [5.41, 5.74) is 0.541. The van der Waals surface area contributed by atoms with Gasteiger partial charge >= 0.3 is 6.03 Å². The Labute approximate surface area is 168 Å². The lowest BCUT2D eigenvalue weighted by atomic mass is 9.85. The van der Waals surface area contributed by atoms with Gasteiger partial charge in [-0.15, -0.1) is 0 Å². The van der Waals surface area contributed by atoms with Gasteiger partial charge in [-0.3, -0.25) is 14.5 Å². The molecule has 8 heteroatoms. The molecule has 4 rings (SSSR count). The number of nitrogens with one attached hydrogen (secondary N) is 1. The summed E-state index contributed by atoms with van der Waals surface area (Å²) in [7, 11) is 0. The summed E-state index contributed by atoms with van der Waals surface area (Å²) in [6.07, 6.45) is 4.11. The fraction of sp³-hybridized carbons (Fsp3) is 0.381. The highest BCUT2D eigenvalue weighted by Crippen LogP contribution is 2.38. The molecule has 152 valence electrons. The second kappa shape index (κ2) is 7.71. The standard InChI is InChI=1S/C21H24N4O4/c26-13-12-24-19(28)21(25(20(24)29)15-16-4-2-1-3-5-16)7-10-23(11-8-21)18(27)17-6-9-22-14-17/h1-6,9,14,22,26H,7-8,10-13,15H2. The number of urea groups is 1. The zero-order valence-electron chi connectivity index (χ0n) is 16.1. The maximum atomic E-state index is 13.2. The third-order valence-corrected chi connectivity index (χ3v) is 5.85. The Morgan fingerprint density at radius 1 is 1.10 bits per heavy atom. The zero-order valence-corrected chi connectivity index (χ0v) is 16.1. The molecule has 0 atom stereocenters. The van der Waals surface area contributed by atoms with Crippen molar-refractivity contribution in [1.82, 2.24) is 19.7 Å². The SMILES string of the molecule is O=C(c1cc[nH]c1)N1CCC2(CC1)C(=O)N(CCO)C(=O)N2Cc1ccccc1. The van der Waals surface area contributed by atoms with Crippen LogP contribution in [0.1, 0.15) is 28.8 Å². The molecule has 0 bridgehead atoms. The summed E-state index contributed by atoms with van der Waals surface area (Å²) >= 11 is 0. The van der Waals surface area contributed by atoms with Crippen LogP contribution in [0.5, 0.6) is 0 Å². The van der Waals surface area contributed by atoms with E-state index in [4.69, 9.17) is 0 Å². The van der Waals surface area contributed by atoms with Gasteiger partial charge in [-0.1, -0.05) is 30.3 Å². The average molecular weight is 396 g/mol. The van der Waals surface area contributed by atoms with Crippen molar-refractivity contribution in [2.45, 2.75) is 24.9 Å². The van der Waals surface area contributed by atoms with Gasteiger partial charge in [-0.05, 0) is 24.5 Å². The number of likely N-dealkylation sites (tertiary alicyclic amines) is 1. The number of nitrogens with zero attached hydrogens (tertiary/aromatic N) is 3. The summed E-state index contributed by atoms with van der Waals surface area (Å²) in [5, 5.41) is 9.33. The molecule has 3 heterocycles. The van der Waals surface area contributed by atoms with Crippen LogP contribution in [0.2, 0.25) is 0 Å². The Morgan fingerprint density at radius 3 is 2.45 bits per heavy atom. The van der Waals surface area contributed by atoms with E-state index < -0.39 is 5.54 Å². The molecule has 2 N–H and O–H groups in total. The van der Waals surface area contributed by atoms with E-state index in [1.807, 2.05) is 30.3 Å². The monoisotopic (exact) mass is 396 g/mol. The predicted octanol–water partition coefficient (Wildman–Crippen LogP) is 1.45. The lowest BCUT2D eigenvalue weighted by Crippen LogP contribution is -2.57. The van der Waals surface area contributed by atoms with Gasteiger partial charge in [0, 0.05) is 32.0 Å². The number of hydrogen-bond donors (Lipinski definition) is 2. The van der Waals surface area contributed by atoms with E-state index in [-0.39, 0.29) is 31.0 Å². The summed E-state index contributed by atoms with van der Waals surface area (Å²) in [5.74, 6) is -0.360. The number of H-pyrrole nitrogens is 1. The Kier molecular flexibility index (Phi) is 5.10. The second-order valence-corrected chi connectivity index (χ2v) is 7.46. The molecular weight excluding hydrogens is 372 g/mol. The van der Waals surface area contributed by atoms with Gasteiger partial charge < -0.3 is 19.9 Å². The molecule has 8 nitrogen and oxygen atoms in total. The number of β-amino-alcohol motifs (C(OH)–C–C–N with tert-alkyl or cyclic N) is 1. The second-order valence-electron chi connectivity index (χ2n) is 7.46. The average Bonchev–Trinajstić information content (AvgIpc) is 3.35. The van der Waals surface area contributed by atoms with Crippen LogP contribution in [0.4, 0.5) is 4.79 Å². The van der Waals surface area contributed by atoms with E-state index in [2.05, 4.69) is 4.98 Å². The molecule has 4 amide bonds. The lowest BCUT2D eigenvalue weighted by molar-refractivity contribution is -0.135. The summed E-state index contributed by atoms with van der Waals surface area (Å²) in [4.78, 5) is 46.3. The van der Waals surface area contributed by atoms with Crippen molar-refractivity contribution in [3.05, 3.63) is 59.9 Å². The smallest absolute Gasteiger partial charge is 0.328 e. The maximum absolute atomic E-state index is 13.2. The highest BCUT2D eigenvalue weighted by Gasteiger charge is 2.57. The van der Waals surface area contributed by atoms with Crippen LogP contribution in [0.15, 0.2) is 48.8 Å². The Morgan fingerprint density at radius 2 is 1.83 bits per heavy atom. The normalized spacial score (nSPS) is 18.7. The molecule has 2 fully saturated rings. The quantitative estimate of drug-likeness (QED) is 0.748. The molecule has 0 aliphatic carbocycles. The minimum Gasteiger partial charge on any atom is -0.395 e. The molecule has 1 spiro atoms. The molecule has 0 radical (unpaired) electrons. The molecule has 0 saturated carbocycles. The minimum absolute atomic E-state index is 0.0172. The third kappa shape index (κ3) is 3.29. The van der Waals surface area contributed by atoms with Gasteiger partial charge in [0.15, 0.2) is 0 Å². The van der Waals surface area contributed by atoms with Crippen LogP contribution >= 0.6 is 0 Å². The fourth-order valence-corrected chi connectivity index (χ4v) is 4.27. The number of amides is 4. The Balaban J connectivity index is 1.58. The number of rotatable bonds is 5. The van der Waals surface area contributed by atoms with E-state index >= 15 is 0 Å². The number of aliphatic hydroxyl groups excluding tert-OH is 1. The minimum atomic E-state index is -0.975. The van der Waals surface area contributed by atoms with Gasteiger partial charge in [0.25, 0.3) is 11.8 Å². The first-order chi connectivity index (χ1) is 14.1. The van der Waals surface area contributed by atoms with Crippen molar-refractivity contribution in [2.24, 2.45) is 0 Å². The summed E-state index contributed by atoms with van der Waals surface area (Å²) in [6.45, 7) is 0.809. The topological polar surface area (TPSA) is 97.0 Å². The summed E-state index contributed by atoms with van der Waals surface area (Å²) in [6, 6.07) is 10.9. The van der Waals surface area contributed by atoms with Crippen molar-refractivity contribution < 1.29 is 19.5 Å². The van der Waals surface area contributed by atoms with Crippen LogP contribution < -0.4 is 0 Å². The fourth-order valence-electron chi connectivity index (χ4n) is 4.27. The van der Waals surface area contributed by atoms with Gasteiger partial charge in [-0.25, -0.2) is 4.79 Å². The van der Waals surface area contributed by atoms with E-state index in [9.17, 15) is 19.5 Å². The first kappa shape index (κ1) is 19.2. The van der Waals surface area contributed by atoms with Crippen molar-refractivity contribution in [2.75, 3.05) is 26.2 Å². The van der Waals surface area contributed by atoms with Gasteiger partial charge in [0.2, 0.25) is 0 Å². The molecule has 2 aromatic rings. The lowest BCUT2D eigenvalue weighted by Gasteiger charge is -2.42. The maximum Gasteiger partial charge on any atom is 0.328 e. The first-order valence-corrected chi connectivity index (χ1v) is 9.77. The number of aromatic nitrogens is 1. The van der Waals surface area contributed by atoms with Crippen molar-refractivity contribution in [3.63, 3.8) is 0 Å². The number of imide groups is 1. The number of carbonyl (C=O) groups is 3. The van der Waals surface area contributed by atoms with Crippen molar-refractivity contribution in [3.8, 4) is 0 Å². The van der Waals surface area contributed by atoms with Crippen LogP contribution in [0, 0.1) is 0 Å². The van der Waals surface area contributed by atoms with E-state index in [1.165, 1.54) is 0 Å². The molecule has 1 aromatic carbocycles. The summed E-state index contributed by atoms with van der Waals surface area (Å²) < 4.78 is 0. The van der Waals surface area contributed by atoms with Gasteiger partial charge in [0.05, 0.1) is 18.7 Å². The highest BCUT2D eigenvalue weighted by atomic mass is 16.3. The van der Waals surface area contributed by atoms with Crippen LogP contribution in [0.25, 0.3) is 0 Å². The van der Waals surface area contributed by atoms with E-state index in [0.717, 1.165) is 10.5 Å². The largest absolute Gasteiger partial charge is 0.395 e. The number of aromatic amines is 1. The number of aliphatic hydroxyl groups is 1. The molecule has 0 unspecified atom stereocenters. The van der Waals surface area contributed by atoms with E-state index in [0.29, 0.717) is 38.0 Å². The number of piperidine rings is 1. The van der Waals surface area contributed by atoms with E-state index in [1.54, 1.807) is 28.3 Å². The zero-order chi connectivity index (χ0) is 20.4. The molecule has 1 aromatic heterocycles. The predicted molar refractivity (Wildman–Crippen MR) is 105 cm³/mol. The van der Waals surface area contributed by atoms with Crippen LogP contribution in [0.3, 0.4) is 0 Å². The highest BCUT2D eigenvalue weighted by molar-refractivity contribution is 6.07.